The minimum atomic E-state index is -0.109. The Labute approximate surface area is 162 Å². The predicted molar refractivity (Wildman–Crippen MR) is 105 cm³/mol. The van der Waals surface area contributed by atoms with Gasteiger partial charge in [-0.25, -0.2) is 0 Å². The Balaban J connectivity index is 1.87. The summed E-state index contributed by atoms with van der Waals surface area (Å²) < 4.78 is 16.6. The molecule has 0 aromatic heterocycles. The van der Waals surface area contributed by atoms with Crippen LogP contribution in [0.25, 0.3) is 0 Å². The third kappa shape index (κ3) is 3.84. The highest BCUT2D eigenvalue weighted by Crippen LogP contribution is 2.49. The number of unbranched alkanes of at least 4 members (excludes halogenated alkanes) is 1. The molecular formula is C22H31NO4. The van der Waals surface area contributed by atoms with Crippen molar-refractivity contribution in [2.45, 2.75) is 56.9 Å². The van der Waals surface area contributed by atoms with E-state index in [0.717, 1.165) is 55.9 Å². The minimum Gasteiger partial charge on any atom is -0.493 e. The molecule has 1 fully saturated rings. The fourth-order valence-electron chi connectivity index (χ4n) is 4.46. The van der Waals surface area contributed by atoms with Crippen molar-refractivity contribution in [1.29, 1.82) is 0 Å². The number of nitrogens with zero attached hydrogens (tertiary/aromatic N) is 1. The summed E-state index contributed by atoms with van der Waals surface area (Å²) in [5.74, 6) is 2.23. The van der Waals surface area contributed by atoms with Crippen LogP contribution < -0.4 is 9.47 Å². The number of carbonyl (C=O) groups is 1. The molecular weight excluding hydrogens is 342 g/mol. The third-order valence-corrected chi connectivity index (χ3v) is 6.05. The average Bonchev–Trinajstić information content (AvgIpc) is 3.03. The van der Waals surface area contributed by atoms with Gasteiger partial charge in [0.25, 0.3) is 0 Å². The minimum absolute atomic E-state index is 0.0215. The van der Waals surface area contributed by atoms with Crippen molar-refractivity contribution in [3.63, 3.8) is 0 Å². The van der Waals surface area contributed by atoms with E-state index in [1.165, 1.54) is 5.56 Å². The molecule has 148 valence electrons. The van der Waals surface area contributed by atoms with Crippen molar-refractivity contribution in [2.24, 2.45) is 0 Å². The van der Waals surface area contributed by atoms with Crippen molar-refractivity contribution in [1.82, 2.24) is 4.90 Å². The van der Waals surface area contributed by atoms with E-state index in [1.54, 1.807) is 14.2 Å². The van der Waals surface area contributed by atoms with Crippen LogP contribution in [0.2, 0.25) is 0 Å². The molecule has 0 radical (unpaired) electrons. The van der Waals surface area contributed by atoms with E-state index in [0.29, 0.717) is 6.42 Å². The molecule has 0 N–H and O–H groups in total. The van der Waals surface area contributed by atoms with Gasteiger partial charge in [0.1, 0.15) is 5.76 Å². The zero-order chi connectivity index (χ0) is 19.4. The number of ether oxygens (including phenoxy) is 3. The number of hydrogen-bond acceptors (Lipinski definition) is 5. The van der Waals surface area contributed by atoms with Gasteiger partial charge >= 0.3 is 5.97 Å². The number of likely N-dealkylation sites (N-methyl/N-ethyl adjacent to an activating group) is 1. The van der Waals surface area contributed by atoms with Gasteiger partial charge in [-0.05, 0) is 56.6 Å². The monoisotopic (exact) mass is 373 g/mol. The van der Waals surface area contributed by atoms with E-state index >= 15 is 0 Å². The number of carbonyl (C=O) groups excluding carboxylic acids is 1. The van der Waals surface area contributed by atoms with E-state index in [1.807, 2.05) is 6.07 Å². The van der Waals surface area contributed by atoms with Crippen LogP contribution in [-0.2, 0) is 14.9 Å². The Hall–Kier alpha value is -2.01. The van der Waals surface area contributed by atoms with Gasteiger partial charge in [0.05, 0.1) is 14.2 Å². The molecule has 2 aliphatic rings. The van der Waals surface area contributed by atoms with Crippen molar-refractivity contribution in [2.75, 3.05) is 27.8 Å². The zero-order valence-electron chi connectivity index (χ0n) is 16.9. The van der Waals surface area contributed by atoms with Gasteiger partial charge in [-0.3, -0.25) is 9.69 Å². The molecule has 1 saturated heterocycles. The lowest BCUT2D eigenvalue weighted by Crippen LogP contribution is -2.42. The molecule has 3 rings (SSSR count). The summed E-state index contributed by atoms with van der Waals surface area (Å²) in [6.07, 6.45) is 7.37. The predicted octanol–water partition coefficient (Wildman–Crippen LogP) is 4.06. The van der Waals surface area contributed by atoms with Crippen LogP contribution in [0.1, 0.15) is 51.0 Å². The fourth-order valence-corrected chi connectivity index (χ4v) is 4.46. The van der Waals surface area contributed by atoms with Crippen molar-refractivity contribution in [3.05, 3.63) is 35.6 Å². The number of fused-ring (bicyclic) bond motifs is 1. The van der Waals surface area contributed by atoms with Crippen LogP contribution in [0.4, 0.5) is 0 Å². The first-order chi connectivity index (χ1) is 13.0. The Kier molecular flexibility index (Phi) is 6.10. The topological polar surface area (TPSA) is 48.0 Å². The summed E-state index contributed by atoms with van der Waals surface area (Å²) in [4.78, 5) is 14.4. The van der Waals surface area contributed by atoms with Crippen LogP contribution in [0.15, 0.2) is 30.0 Å². The first-order valence-electron chi connectivity index (χ1n) is 9.88. The Morgan fingerprint density at radius 1 is 1.22 bits per heavy atom. The first-order valence-corrected chi connectivity index (χ1v) is 9.88. The van der Waals surface area contributed by atoms with Crippen molar-refractivity contribution < 1.29 is 19.0 Å². The number of esters is 1. The molecule has 5 nitrogen and oxygen atoms in total. The molecule has 1 aliphatic heterocycles. The number of hydrogen-bond donors (Lipinski definition) is 0. The van der Waals surface area contributed by atoms with Crippen LogP contribution in [0.5, 0.6) is 11.5 Å². The lowest BCUT2D eigenvalue weighted by atomic mass is 9.68. The van der Waals surface area contributed by atoms with Crippen LogP contribution >= 0.6 is 0 Å². The summed E-state index contributed by atoms with van der Waals surface area (Å²) in [6, 6.07) is 6.47. The van der Waals surface area contributed by atoms with E-state index < -0.39 is 0 Å². The molecule has 0 amide bonds. The molecule has 27 heavy (non-hydrogen) atoms. The summed E-state index contributed by atoms with van der Waals surface area (Å²) in [5, 5.41) is 0. The van der Waals surface area contributed by atoms with Gasteiger partial charge < -0.3 is 14.2 Å². The lowest BCUT2D eigenvalue weighted by Gasteiger charge is -2.40. The van der Waals surface area contributed by atoms with E-state index in [4.69, 9.17) is 14.2 Å². The summed E-state index contributed by atoms with van der Waals surface area (Å²) in [6.45, 7) is 3.10. The number of benzene rings is 1. The smallest absolute Gasteiger partial charge is 0.310 e. The summed E-state index contributed by atoms with van der Waals surface area (Å²) in [5.41, 5.74) is 1.29. The highest BCUT2D eigenvalue weighted by Gasteiger charge is 2.48. The van der Waals surface area contributed by atoms with E-state index in [9.17, 15) is 4.79 Å². The highest BCUT2D eigenvalue weighted by molar-refractivity contribution is 5.70. The molecule has 0 bridgehead atoms. The molecule has 1 aromatic rings. The van der Waals surface area contributed by atoms with E-state index in [-0.39, 0.29) is 17.4 Å². The molecule has 1 aliphatic carbocycles. The Morgan fingerprint density at radius 2 is 2.00 bits per heavy atom. The quantitative estimate of drug-likeness (QED) is 0.675. The summed E-state index contributed by atoms with van der Waals surface area (Å²) in [7, 11) is 5.47. The second-order valence-corrected chi connectivity index (χ2v) is 7.61. The second kappa shape index (κ2) is 8.34. The molecule has 1 heterocycles. The Bertz CT molecular complexity index is 714. The first kappa shape index (κ1) is 19.7. The Morgan fingerprint density at radius 3 is 2.70 bits per heavy atom. The number of likely N-dealkylation sites (tertiary alicyclic amines) is 1. The maximum Gasteiger partial charge on any atom is 0.310 e. The van der Waals surface area contributed by atoms with Crippen molar-refractivity contribution in [3.8, 4) is 11.5 Å². The largest absolute Gasteiger partial charge is 0.493 e. The molecule has 5 heteroatoms. The zero-order valence-corrected chi connectivity index (χ0v) is 16.9. The molecule has 0 spiro atoms. The normalized spacial score (nSPS) is 24.9. The average molecular weight is 373 g/mol. The third-order valence-electron chi connectivity index (χ3n) is 6.05. The van der Waals surface area contributed by atoms with Gasteiger partial charge in [-0.15, -0.1) is 0 Å². The van der Waals surface area contributed by atoms with Gasteiger partial charge in [0.15, 0.2) is 11.5 Å². The number of allylic oxidation sites excluding steroid dienone is 1. The maximum atomic E-state index is 12.0. The standard InChI is InChI=1S/C22H31NO4/c1-5-6-7-21(24)27-17-10-11-22(12-13-23(2)20(22)15-17)16-8-9-18(25-3)19(14-16)26-4/h8-9,14-15,20H,5-7,10-13H2,1-4H3/t20-,22-/m0/s1. The van der Waals surface area contributed by atoms with Crippen LogP contribution in [0, 0.1) is 0 Å². The number of rotatable bonds is 7. The number of methoxy groups -OCH3 is 2. The van der Waals surface area contributed by atoms with E-state index in [2.05, 4.69) is 37.1 Å². The SMILES string of the molecule is CCCCC(=O)OC1=C[C@@H]2N(C)CC[C@]2(c2ccc(OC)c(OC)c2)CC1. The molecule has 0 saturated carbocycles. The highest BCUT2D eigenvalue weighted by atomic mass is 16.5. The van der Waals surface area contributed by atoms with Crippen LogP contribution in [0.3, 0.4) is 0 Å². The van der Waals surface area contributed by atoms with Gasteiger partial charge in [0.2, 0.25) is 0 Å². The van der Waals surface area contributed by atoms with Crippen LogP contribution in [-0.4, -0.2) is 44.7 Å². The second-order valence-electron chi connectivity index (χ2n) is 7.61. The molecule has 1 aromatic carbocycles. The molecule has 2 atom stereocenters. The fraction of sp³-hybridized carbons (Fsp3) is 0.591. The summed E-state index contributed by atoms with van der Waals surface area (Å²) >= 11 is 0. The van der Waals surface area contributed by atoms with Gasteiger partial charge in [-0.1, -0.05) is 19.4 Å². The van der Waals surface area contributed by atoms with Crippen molar-refractivity contribution >= 4 is 5.97 Å². The molecule has 0 unspecified atom stereocenters. The lowest BCUT2D eigenvalue weighted by molar-refractivity contribution is -0.140. The maximum absolute atomic E-state index is 12.0. The van der Waals surface area contributed by atoms with Gasteiger partial charge in [-0.2, -0.15) is 0 Å². The van der Waals surface area contributed by atoms with Gasteiger partial charge in [0, 0.05) is 24.3 Å².